The quantitative estimate of drug-likeness (QED) is 0.739. The van der Waals surface area contributed by atoms with Gasteiger partial charge < -0.3 is 4.90 Å². The zero-order chi connectivity index (χ0) is 18.4. The summed E-state index contributed by atoms with van der Waals surface area (Å²) in [6, 6.07) is 5.51. The smallest absolute Gasteiger partial charge is 0.348 e. The first-order chi connectivity index (χ1) is 12.5. The molecule has 8 nitrogen and oxygen atoms in total. The highest BCUT2D eigenvalue weighted by atomic mass is 16.2. The van der Waals surface area contributed by atoms with Crippen LogP contribution in [0, 0.1) is 0 Å². The molecule has 0 unspecified atom stereocenters. The van der Waals surface area contributed by atoms with Crippen LogP contribution in [0.2, 0.25) is 0 Å². The summed E-state index contributed by atoms with van der Waals surface area (Å²) in [7, 11) is 1.63. The van der Waals surface area contributed by atoms with Crippen LogP contribution in [-0.4, -0.2) is 39.9 Å². The third-order valence-electron chi connectivity index (χ3n) is 5.16. The zero-order valence-electron chi connectivity index (χ0n) is 14.6. The number of fused-ring (bicyclic) bond motifs is 1. The molecule has 2 aliphatic rings. The summed E-state index contributed by atoms with van der Waals surface area (Å²) < 4.78 is 2.63. The van der Waals surface area contributed by atoms with Crippen molar-refractivity contribution in [3.8, 4) is 0 Å². The summed E-state index contributed by atoms with van der Waals surface area (Å²) in [6.45, 7) is 1.31. The summed E-state index contributed by atoms with van der Waals surface area (Å²) in [5, 5.41) is 0.980. The maximum atomic E-state index is 12.7. The van der Waals surface area contributed by atoms with E-state index >= 15 is 0 Å². The number of aryl methyl sites for hydroxylation is 1. The lowest BCUT2D eigenvalue weighted by molar-refractivity contribution is -0.131. The molecule has 0 spiro atoms. The Morgan fingerprint density at radius 3 is 2.15 bits per heavy atom. The molecule has 0 atom stereocenters. The second-order valence-corrected chi connectivity index (χ2v) is 6.80. The third-order valence-corrected chi connectivity index (χ3v) is 5.16. The molecule has 2 amide bonds. The largest absolute Gasteiger partial charge is 0.371 e. The number of rotatable bonds is 2. The molecule has 2 aromatic rings. The summed E-state index contributed by atoms with van der Waals surface area (Å²) in [4.78, 5) is 50.8. The highest BCUT2D eigenvalue weighted by Gasteiger charge is 2.31. The molecule has 1 aromatic heterocycles. The minimum absolute atomic E-state index is 0.258. The van der Waals surface area contributed by atoms with Crippen LogP contribution in [0.3, 0.4) is 0 Å². The van der Waals surface area contributed by atoms with Crippen LogP contribution in [0.15, 0.2) is 23.0 Å². The van der Waals surface area contributed by atoms with E-state index in [0.717, 1.165) is 10.7 Å². The lowest BCUT2D eigenvalue weighted by atomic mass is 10.1. The van der Waals surface area contributed by atoms with Crippen LogP contribution < -0.4 is 15.6 Å². The van der Waals surface area contributed by atoms with Gasteiger partial charge in [0.05, 0.1) is 11.0 Å². The number of imide groups is 1. The van der Waals surface area contributed by atoms with E-state index in [1.807, 2.05) is 12.1 Å². The Kier molecular flexibility index (Phi) is 3.90. The molecular formula is C18H20N4O4. The maximum Gasteiger partial charge on any atom is 0.348 e. The van der Waals surface area contributed by atoms with Gasteiger partial charge in [0.1, 0.15) is 5.78 Å². The van der Waals surface area contributed by atoms with Crippen LogP contribution in [0.1, 0.15) is 32.1 Å². The number of amides is 2. The lowest BCUT2D eigenvalue weighted by Crippen LogP contribution is -2.52. The van der Waals surface area contributed by atoms with Crippen molar-refractivity contribution in [2.24, 2.45) is 7.05 Å². The Morgan fingerprint density at radius 1 is 0.846 bits per heavy atom. The van der Waals surface area contributed by atoms with Gasteiger partial charge in [-0.3, -0.25) is 19.0 Å². The fourth-order valence-electron chi connectivity index (χ4n) is 3.68. The molecule has 3 heterocycles. The Bertz CT molecular complexity index is 961. The zero-order valence-corrected chi connectivity index (χ0v) is 14.6. The molecular weight excluding hydrogens is 336 g/mol. The number of piperidine rings is 2. The van der Waals surface area contributed by atoms with Crippen LogP contribution >= 0.6 is 0 Å². The van der Waals surface area contributed by atoms with Gasteiger partial charge in [-0.25, -0.2) is 4.79 Å². The predicted octanol–water partition coefficient (Wildman–Crippen LogP) is 0.684. The van der Waals surface area contributed by atoms with E-state index in [9.17, 15) is 19.2 Å². The molecule has 0 aliphatic carbocycles. The predicted molar refractivity (Wildman–Crippen MR) is 95.7 cm³/mol. The lowest BCUT2D eigenvalue weighted by Gasteiger charge is -2.28. The van der Waals surface area contributed by atoms with Crippen LogP contribution in [-0.2, 0) is 21.4 Å². The van der Waals surface area contributed by atoms with Gasteiger partial charge in [0, 0.05) is 51.5 Å². The molecule has 1 aromatic carbocycles. The van der Waals surface area contributed by atoms with Crippen molar-refractivity contribution < 1.29 is 14.4 Å². The number of carbonyl (C=O) groups is 3. The number of ketones is 1. The number of hydrogen-bond donors (Lipinski definition) is 0. The first-order valence-corrected chi connectivity index (χ1v) is 8.81. The van der Waals surface area contributed by atoms with Crippen molar-refractivity contribution in [1.82, 2.24) is 9.24 Å². The van der Waals surface area contributed by atoms with E-state index in [0.29, 0.717) is 43.4 Å². The Labute approximate surface area is 149 Å². The van der Waals surface area contributed by atoms with E-state index in [2.05, 4.69) is 4.90 Å². The first kappa shape index (κ1) is 16.6. The van der Waals surface area contributed by atoms with Crippen molar-refractivity contribution in [1.29, 1.82) is 0 Å². The minimum Gasteiger partial charge on any atom is -0.371 e. The number of Topliss-reactive ketones (excluding diaryl/α,β-unsaturated/α-hetero) is 1. The van der Waals surface area contributed by atoms with Crippen LogP contribution in [0.25, 0.3) is 11.0 Å². The molecule has 0 bridgehead atoms. The fourth-order valence-corrected chi connectivity index (χ4v) is 3.68. The minimum atomic E-state index is -0.422. The number of carbonyl (C=O) groups excluding carboxylic acids is 3. The normalized spacial score (nSPS) is 18.9. The van der Waals surface area contributed by atoms with Gasteiger partial charge in [0.2, 0.25) is 11.8 Å². The van der Waals surface area contributed by atoms with Gasteiger partial charge in [-0.1, -0.05) is 0 Å². The van der Waals surface area contributed by atoms with Gasteiger partial charge in [-0.2, -0.15) is 9.69 Å². The Morgan fingerprint density at radius 2 is 1.50 bits per heavy atom. The van der Waals surface area contributed by atoms with Crippen molar-refractivity contribution in [2.75, 3.05) is 23.0 Å². The van der Waals surface area contributed by atoms with Gasteiger partial charge >= 0.3 is 5.69 Å². The van der Waals surface area contributed by atoms with E-state index in [1.54, 1.807) is 13.1 Å². The molecule has 0 N–H and O–H groups in total. The van der Waals surface area contributed by atoms with Crippen LogP contribution in [0.5, 0.6) is 0 Å². The van der Waals surface area contributed by atoms with E-state index in [1.165, 1.54) is 9.24 Å². The topological polar surface area (TPSA) is 84.6 Å². The number of anilines is 1. The summed E-state index contributed by atoms with van der Waals surface area (Å²) >= 11 is 0. The van der Waals surface area contributed by atoms with Crippen molar-refractivity contribution in [2.45, 2.75) is 32.1 Å². The molecule has 136 valence electrons. The average molecular weight is 356 g/mol. The van der Waals surface area contributed by atoms with E-state index in [4.69, 9.17) is 0 Å². The van der Waals surface area contributed by atoms with Crippen molar-refractivity contribution >= 4 is 34.3 Å². The second kappa shape index (κ2) is 6.12. The molecule has 2 fully saturated rings. The molecule has 0 radical (unpaired) electrons. The highest BCUT2D eigenvalue weighted by molar-refractivity contribution is 6.11. The van der Waals surface area contributed by atoms with Crippen LogP contribution in [0.4, 0.5) is 5.69 Å². The molecule has 26 heavy (non-hydrogen) atoms. The summed E-state index contributed by atoms with van der Waals surface area (Å²) in [6.07, 6.45) is 2.08. The third kappa shape index (κ3) is 2.53. The molecule has 2 aliphatic heterocycles. The van der Waals surface area contributed by atoms with Gasteiger partial charge in [-0.15, -0.1) is 0 Å². The number of aromatic nitrogens is 2. The van der Waals surface area contributed by atoms with E-state index in [-0.39, 0.29) is 30.4 Å². The standard InChI is InChI=1S/C18H20N4O4/c1-19-15-11-12(20-9-7-13(23)8-10-20)5-6-14(15)21(18(19)26)22-16(24)3-2-4-17(22)25/h5-6,11H,2-4,7-10H2,1H3. The van der Waals surface area contributed by atoms with Gasteiger partial charge in [0.15, 0.2) is 0 Å². The highest BCUT2D eigenvalue weighted by Crippen LogP contribution is 2.24. The SMILES string of the molecule is Cn1c(=O)n(N2C(=O)CCCC2=O)c2ccc(N3CCC(=O)CC3)cc21. The molecule has 8 heteroatoms. The molecule has 0 saturated carbocycles. The second-order valence-electron chi connectivity index (χ2n) is 6.80. The van der Waals surface area contributed by atoms with Crippen molar-refractivity contribution in [3.63, 3.8) is 0 Å². The van der Waals surface area contributed by atoms with Gasteiger partial charge in [-0.05, 0) is 24.6 Å². The molecule has 4 rings (SSSR count). The number of nitrogens with zero attached hydrogens (tertiary/aromatic N) is 4. The Hall–Kier alpha value is -2.90. The number of hydrogen-bond acceptors (Lipinski definition) is 5. The Balaban J connectivity index is 1.80. The monoisotopic (exact) mass is 356 g/mol. The number of imidazole rings is 1. The van der Waals surface area contributed by atoms with Gasteiger partial charge in [0.25, 0.3) is 0 Å². The fraction of sp³-hybridized carbons (Fsp3) is 0.444. The average Bonchev–Trinajstić information content (AvgIpc) is 2.87. The maximum absolute atomic E-state index is 12.7. The number of benzene rings is 1. The molecule has 2 saturated heterocycles. The summed E-state index contributed by atoms with van der Waals surface area (Å²) in [5.41, 5.74) is 1.68. The summed E-state index contributed by atoms with van der Waals surface area (Å²) in [5.74, 6) is -0.438. The van der Waals surface area contributed by atoms with E-state index < -0.39 is 5.69 Å². The van der Waals surface area contributed by atoms with Crippen molar-refractivity contribution in [3.05, 3.63) is 28.7 Å². The first-order valence-electron chi connectivity index (χ1n) is 8.81.